The van der Waals surface area contributed by atoms with Crippen molar-refractivity contribution in [3.63, 3.8) is 0 Å². The molecule has 0 saturated heterocycles. The van der Waals surface area contributed by atoms with Crippen molar-refractivity contribution in [3.05, 3.63) is 29.6 Å². The number of alkyl halides is 1. The summed E-state index contributed by atoms with van der Waals surface area (Å²) >= 11 is 3.35. The smallest absolute Gasteiger partial charge is 0.165 e. The second-order valence-corrected chi connectivity index (χ2v) is 5.04. The Hall–Kier alpha value is -0.570. The first-order valence-corrected chi connectivity index (χ1v) is 7.88. The minimum absolute atomic E-state index is 0.266. The van der Waals surface area contributed by atoms with Crippen molar-refractivity contribution in [3.8, 4) is 5.75 Å². The van der Waals surface area contributed by atoms with Crippen LogP contribution in [-0.2, 0) is 5.33 Å². The zero-order valence-electron chi connectivity index (χ0n) is 11.1. The SMILES string of the molecule is CCCCCCCCOc1c(F)cccc1CBr. The van der Waals surface area contributed by atoms with E-state index in [-0.39, 0.29) is 5.82 Å². The maximum atomic E-state index is 13.6. The number of ether oxygens (including phenoxy) is 1. The summed E-state index contributed by atoms with van der Waals surface area (Å²) in [7, 11) is 0. The zero-order chi connectivity index (χ0) is 13.2. The van der Waals surface area contributed by atoms with Gasteiger partial charge in [-0.05, 0) is 12.5 Å². The van der Waals surface area contributed by atoms with E-state index in [1.54, 1.807) is 6.07 Å². The average molecular weight is 317 g/mol. The lowest BCUT2D eigenvalue weighted by atomic mass is 10.1. The van der Waals surface area contributed by atoms with Crippen molar-refractivity contribution in [1.82, 2.24) is 0 Å². The standard InChI is InChI=1S/C15H22BrFO/c1-2-3-4-5-6-7-11-18-15-13(12-16)9-8-10-14(15)17/h8-10H,2-7,11-12H2,1H3. The van der Waals surface area contributed by atoms with Crippen LogP contribution in [0, 0.1) is 5.82 Å². The van der Waals surface area contributed by atoms with E-state index in [1.807, 2.05) is 6.07 Å². The second kappa shape index (κ2) is 9.37. The van der Waals surface area contributed by atoms with Gasteiger partial charge in [0.05, 0.1) is 6.61 Å². The number of rotatable bonds is 9. The monoisotopic (exact) mass is 316 g/mol. The number of hydrogen-bond donors (Lipinski definition) is 0. The van der Waals surface area contributed by atoms with Gasteiger partial charge in [0.15, 0.2) is 11.6 Å². The summed E-state index contributed by atoms with van der Waals surface area (Å²) in [6.07, 6.45) is 7.28. The van der Waals surface area contributed by atoms with Crippen LogP contribution in [0.15, 0.2) is 18.2 Å². The first kappa shape index (κ1) is 15.5. The highest BCUT2D eigenvalue weighted by atomic mass is 79.9. The maximum absolute atomic E-state index is 13.6. The van der Waals surface area contributed by atoms with Crippen LogP contribution < -0.4 is 4.74 Å². The molecule has 0 aliphatic carbocycles. The third-order valence-electron chi connectivity index (χ3n) is 2.94. The largest absolute Gasteiger partial charge is 0.490 e. The summed E-state index contributed by atoms with van der Waals surface area (Å²) in [6, 6.07) is 5.04. The molecule has 0 amide bonds. The Balaban J connectivity index is 2.26. The summed E-state index contributed by atoms with van der Waals surface area (Å²) in [5, 5.41) is 0.622. The molecule has 0 radical (unpaired) electrons. The van der Waals surface area contributed by atoms with Gasteiger partial charge in [-0.25, -0.2) is 4.39 Å². The number of benzene rings is 1. The molecule has 0 saturated carbocycles. The fourth-order valence-electron chi connectivity index (χ4n) is 1.88. The summed E-state index contributed by atoms with van der Waals surface area (Å²) in [4.78, 5) is 0. The Morgan fingerprint density at radius 3 is 2.56 bits per heavy atom. The predicted molar refractivity (Wildman–Crippen MR) is 77.9 cm³/mol. The maximum Gasteiger partial charge on any atom is 0.165 e. The van der Waals surface area contributed by atoms with E-state index in [9.17, 15) is 4.39 Å². The van der Waals surface area contributed by atoms with Crippen LogP contribution in [0.25, 0.3) is 0 Å². The van der Waals surface area contributed by atoms with Gasteiger partial charge >= 0.3 is 0 Å². The lowest BCUT2D eigenvalue weighted by Gasteiger charge is -2.10. The molecule has 0 aromatic heterocycles. The molecule has 0 atom stereocenters. The van der Waals surface area contributed by atoms with Crippen LogP contribution in [0.4, 0.5) is 4.39 Å². The van der Waals surface area contributed by atoms with E-state index >= 15 is 0 Å². The first-order valence-electron chi connectivity index (χ1n) is 6.75. The third-order valence-corrected chi connectivity index (χ3v) is 3.54. The number of hydrogen-bond acceptors (Lipinski definition) is 1. The quantitative estimate of drug-likeness (QED) is 0.434. The molecular formula is C15H22BrFO. The van der Waals surface area contributed by atoms with E-state index in [1.165, 1.54) is 31.7 Å². The Morgan fingerprint density at radius 2 is 1.83 bits per heavy atom. The van der Waals surface area contributed by atoms with Gasteiger partial charge in [-0.15, -0.1) is 0 Å². The van der Waals surface area contributed by atoms with Crippen LogP contribution in [-0.4, -0.2) is 6.61 Å². The number of halogens is 2. The molecule has 1 rings (SSSR count). The molecule has 0 heterocycles. The fraction of sp³-hybridized carbons (Fsp3) is 0.600. The fourth-order valence-corrected chi connectivity index (χ4v) is 2.32. The molecule has 102 valence electrons. The molecule has 0 aliphatic heterocycles. The third kappa shape index (κ3) is 5.38. The van der Waals surface area contributed by atoms with E-state index in [0.717, 1.165) is 18.4 Å². The Labute approximate surface area is 118 Å². The second-order valence-electron chi connectivity index (χ2n) is 4.48. The zero-order valence-corrected chi connectivity index (χ0v) is 12.6. The van der Waals surface area contributed by atoms with Crippen molar-refractivity contribution < 1.29 is 9.13 Å². The van der Waals surface area contributed by atoms with E-state index in [2.05, 4.69) is 22.9 Å². The van der Waals surface area contributed by atoms with Gasteiger partial charge < -0.3 is 4.74 Å². The molecule has 0 fully saturated rings. The Bertz CT molecular complexity index is 341. The molecule has 1 aromatic rings. The van der Waals surface area contributed by atoms with Crippen LogP contribution in [0.1, 0.15) is 51.0 Å². The first-order chi connectivity index (χ1) is 8.79. The van der Waals surface area contributed by atoms with Crippen LogP contribution in [0.2, 0.25) is 0 Å². The predicted octanol–water partition coefficient (Wildman–Crippen LogP) is 5.46. The highest BCUT2D eigenvalue weighted by molar-refractivity contribution is 9.08. The summed E-state index contributed by atoms with van der Waals surface area (Å²) < 4.78 is 19.1. The van der Waals surface area contributed by atoms with Crippen LogP contribution in [0.5, 0.6) is 5.75 Å². The highest BCUT2D eigenvalue weighted by Gasteiger charge is 2.08. The van der Waals surface area contributed by atoms with E-state index in [4.69, 9.17) is 4.74 Å². The van der Waals surface area contributed by atoms with Gasteiger partial charge in [-0.3, -0.25) is 0 Å². The molecule has 0 bridgehead atoms. The van der Waals surface area contributed by atoms with E-state index in [0.29, 0.717) is 17.7 Å². The van der Waals surface area contributed by atoms with Gasteiger partial charge in [0, 0.05) is 10.9 Å². The molecular weight excluding hydrogens is 295 g/mol. The Morgan fingerprint density at radius 1 is 1.11 bits per heavy atom. The lowest BCUT2D eigenvalue weighted by molar-refractivity contribution is 0.288. The minimum Gasteiger partial charge on any atom is -0.490 e. The van der Waals surface area contributed by atoms with Gasteiger partial charge in [-0.2, -0.15) is 0 Å². The van der Waals surface area contributed by atoms with Crippen molar-refractivity contribution >= 4 is 15.9 Å². The number of unbranched alkanes of at least 4 members (excludes halogenated alkanes) is 5. The number of para-hydroxylation sites is 1. The van der Waals surface area contributed by atoms with Crippen LogP contribution >= 0.6 is 15.9 Å². The van der Waals surface area contributed by atoms with Gasteiger partial charge in [-0.1, -0.05) is 67.1 Å². The molecule has 0 N–H and O–H groups in total. The minimum atomic E-state index is -0.266. The van der Waals surface area contributed by atoms with Gasteiger partial charge in [0.1, 0.15) is 0 Å². The lowest BCUT2D eigenvalue weighted by Crippen LogP contribution is -2.01. The molecule has 3 heteroatoms. The van der Waals surface area contributed by atoms with Gasteiger partial charge in [0.2, 0.25) is 0 Å². The normalized spacial score (nSPS) is 10.6. The van der Waals surface area contributed by atoms with Crippen molar-refractivity contribution in [2.45, 2.75) is 50.8 Å². The summed E-state index contributed by atoms with van der Waals surface area (Å²) in [5.41, 5.74) is 0.876. The highest BCUT2D eigenvalue weighted by Crippen LogP contribution is 2.25. The van der Waals surface area contributed by atoms with Gasteiger partial charge in [0.25, 0.3) is 0 Å². The Kier molecular flexibility index (Phi) is 8.06. The van der Waals surface area contributed by atoms with E-state index < -0.39 is 0 Å². The molecule has 0 spiro atoms. The molecule has 0 unspecified atom stereocenters. The summed E-state index contributed by atoms with van der Waals surface area (Å²) in [5.74, 6) is 0.140. The van der Waals surface area contributed by atoms with Crippen molar-refractivity contribution in [1.29, 1.82) is 0 Å². The van der Waals surface area contributed by atoms with Crippen molar-refractivity contribution in [2.75, 3.05) is 6.61 Å². The van der Waals surface area contributed by atoms with Crippen LogP contribution in [0.3, 0.4) is 0 Å². The van der Waals surface area contributed by atoms with Crippen molar-refractivity contribution in [2.24, 2.45) is 0 Å². The molecule has 0 aliphatic rings. The molecule has 18 heavy (non-hydrogen) atoms. The average Bonchev–Trinajstić information content (AvgIpc) is 2.39. The molecule has 1 nitrogen and oxygen atoms in total. The topological polar surface area (TPSA) is 9.23 Å². The molecule has 1 aromatic carbocycles. The summed E-state index contributed by atoms with van der Waals surface area (Å²) in [6.45, 7) is 2.82.